The van der Waals surface area contributed by atoms with E-state index >= 15 is 0 Å². The molecule has 0 fully saturated rings. The molecule has 2 aromatic rings. The lowest BCUT2D eigenvalue weighted by Gasteiger charge is -2.03. The Morgan fingerprint density at radius 2 is 1.71 bits per heavy atom. The van der Waals surface area contributed by atoms with Crippen molar-refractivity contribution in [1.82, 2.24) is 0 Å². The number of carbonyl (C=O) groups is 1. The van der Waals surface area contributed by atoms with Crippen LogP contribution in [0.4, 0.5) is 5.69 Å². The number of hydrogen-bond acceptors (Lipinski definition) is 3. The second-order valence-electron chi connectivity index (χ2n) is 3.51. The first-order valence-electron chi connectivity index (χ1n) is 5.16. The third kappa shape index (κ3) is 2.50. The number of ketones is 1. The minimum atomic E-state index is -0.0489. The van der Waals surface area contributed by atoms with Crippen LogP contribution < -0.4 is 5.32 Å². The van der Waals surface area contributed by atoms with Gasteiger partial charge in [-0.15, -0.1) is 0 Å². The predicted octanol–water partition coefficient (Wildman–Crippen LogP) is 2.81. The van der Waals surface area contributed by atoms with E-state index in [-0.39, 0.29) is 5.78 Å². The van der Waals surface area contributed by atoms with Crippen molar-refractivity contribution >= 4 is 11.5 Å². The summed E-state index contributed by atoms with van der Waals surface area (Å²) in [5, 5.41) is 11.0. The van der Waals surface area contributed by atoms with Crippen LogP contribution in [0.5, 0.6) is 0 Å². The molecule has 0 unspecified atom stereocenters. The molecular weight excluding hydrogens is 212 g/mol. The van der Waals surface area contributed by atoms with Crippen LogP contribution in [0.1, 0.15) is 15.9 Å². The molecule has 0 spiro atoms. The Balaban J connectivity index is 2.32. The van der Waals surface area contributed by atoms with Gasteiger partial charge in [-0.3, -0.25) is 10.1 Å². The molecule has 0 heterocycles. The number of rotatable bonds is 3. The average Bonchev–Trinajstić information content (AvgIpc) is 2.40. The van der Waals surface area contributed by atoms with Gasteiger partial charge in [0.25, 0.3) is 0 Å². The number of hydrogen-bond donors (Lipinski definition) is 1. The monoisotopic (exact) mass is 222 g/mol. The summed E-state index contributed by atoms with van der Waals surface area (Å²) >= 11 is 0. The molecule has 0 saturated heterocycles. The number of benzene rings is 2. The van der Waals surface area contributed by atoms with Gasteiger partial charge in [0, 0.05) is 16.8 Å². The van der Waals surface area contributed by atoms with Crippen molar-refractivity contribution in [2.24, 2.45) is 0 Å². The summed E-state index contributed by atoms with van der Waals surface area (Å²) in [6, 6.07) is 15.9. The Hall–Kier alpha value is -2.60. The fourth-order valence-electron chi connectivity index (χ4n) is 1.56. The maximum Gasteiger partial charge on any atom is 0.193 e. The molecule has 0 atom stereocenters. The van der Waals surface area contributed by atoms with Crippen LogP contribution in [-0.4, -0.2) is 5.78 Å². The maximum absolute atomic E-state index is 12.1. The highest BCUT2D eigenvalue weighted by Crippen LogP contribution is 2.14. The minimum absolute atomic E-state index is 0.0489. The van der Waals surface area contributed by atoms with Crippen LogP contribution >= 0.6 is 0 Å². The summed E-state index contributed by atoms with van der Waals surface area (Å²) < 4.78 is 0. The summed E-state index contributed by atoms with van der Waals surface area (Å²) in [6.07, 6.45) is 1.83. The highest BCUT2D eigenvalue weighted by molar-refractivity contribution is 6.09. The van der Waals surface area contributed by atoms with E-state index < -0.39 is 0 Å². The first kappa shape index (κ1) is 10.9. The molecule has 0 amide bonds. The van der Waals surface area contributed by atoms with E-state index in [0.29, 0.717) is 16.8 Å². The number of carbonyl (C=O) groups excluding carboxylic acids is 1. The van der Waals surface area contributed by atoms with Crippen LogP contribution in [0.3, 0.4) is 0 Å². The number of nitrogens with one attached hydrogen (secondary N) is 1. The largest absolute Gasteiger partial charge is 0.293 e. The van der Waals surface area contributed by atoms with Crippen LogP contribution in [0, 0.1) is 11.5 Å². The van der Waals surface area contributed by atoms with Gasteiger partial charge in [-0.2, -0.15) is 5.26 Å². The van der Waals surface area contributed by atoms with Crippen LogP contribution in [0.15, 0.2) is 54.6 Å². The van der Waals surface area contributed by atoms with Crippen LogP contribution in [0.2, 0.25) is 0 Å². The molecule has 3 heteroatoms. The second-order valence-corrected chi connectivity index (χ2v) is 3.51. The standard InChI is InChI=1S/C14H10N2O/c15-10-16-13-8-4-7-12(9-13)14(17)11-5-2-1-3-6-11/h1-9,16H. The van der Waals surface area contributed by atoms with Gasteiger partial charge >= 0.3 is 0 Å². The van der Waals surface area contributed by atoms with Crippen molar-refractivity contribution in [1.29, 1.82) is 5.26 Å². The molecule has 0 aliphatic carbocycles. The second kappa shape index (κ2) is 4.95. The summed E-state index contributed by atoms with van der Waals surface area (Å²) in [6.45, 7) is 0. The molecule has 2 rings (SSSR count). The Morgan fingerprint density at radius 3 is 2.41 bits per heavy atom. The molecule has 0 aliphatic heterocycles. The molecule has 0 aliphatic rings. The van der Waals surface area contributed by atoms with E-state index in [1.807, 2.05) is 24.4 Å². The van der Waals surface area contributed by atoms with E-state index in [9.17, 15) is 4.79 Å². The van der Waals surface area contributed by atoms with Gasteiger partial charge in [0.1, 0.15) is 0 Å². The van der Waals surface area contributed by atoms with E-state index in [2.05, 4.69) is 5.32 Å². The molecule has 1 N–H and O–H groups in total. The van der Waals surface area contributed by atoms with E-state index in [1.165, 1.54) is 0 Å². The topological polar surface area (TPSA) is 52.9 Å². The first-order valence-corrected chi connectivity index (χ1v) is 5.16. The van der Waals surface area contributed by atoms with E-state index in [1.54, 1.807) is 36.4 Å². The van der Waals surface area contributed by atoms with Crippen molar-refractivity contribution in [3.05, 3.63) is 65.7 Å². The first-order chi connectivity index (χ1) is 8.31. The van der Waals surface area contributed by atoms with Gasteiger partial charge in [-0.1, -0.05) is 42.5 Å². The molecule has 2 aromatic carbocycles. The zero-order valence-corrected chi connectivity index (χ0v) is 9.05. The minimum Gasteiger partial charge on any atom is -0.293 e. The van der Waals surface area contributed by atoms with Gasteiger partial charge in [-0.05, 0) is 12.1 Å². The van der Waals surface area contributed by atoms with E-state index in [0.717, 1.165) is 0 Å². The fraction of sp³-hybridized carbons (Fsp3) is 0. The quantitative estimate of drug-likeness (QED) is 0.493. The normalized spacial score (nSPS) is 9.35. The Bertz CT molecular complexity index is 570. The zero-order chi connectivity index (χ0) is 12.1. The molecule has 0 aromatic heterocycles. The highest BCUT2D eigenvalue weighted by Gasteiger charge is 2.08. The van der Waals surface area contributed by atoms with Crippen LogP contribution in [0.25, 0.3) is 0 Å². The van der Waals surface area contributed by atoms with Crippen molar-refractivity contribution in [3.63, 3.8) is 0 Å². The average molecular weight is 222 g/mol. The lowest BCUT2D eigenvalue weighted by atomic mass is 10.0. The smallest absolute Gasteiger partial charge is 0.193 e. The summed E-state index contributed by atoms with van der Waals surface area (Å²) in [4.78, 5) is 12.1. The molecule has 0 radical (unpaired) electrons. The molecule has 0 bridgehead atoms. The Labute approximate surface area is 99.3 Å². The van der Waals surface area contributed by atoms with E-state index in [4.69, 9.17) is 5.26 Å². The SMILES string of the molecule is N#CNc1cccc(C(=O)c2ccccc2)c1. The third-order valence-electron chi connectivity index (χ3n) is 2.36. The summed E-state index contributed by atoms with van der Waals surface area (Å²) in [7, 11) is 0. The third-order valence-corrected chi connectivity index (χ3v) is 2.36. The van der Waals surface area contributed by atoms with Crippen LogP contribution in [-0.2, 0) is 0 Å². The van der Waals surface area contributed by atoms with Crippen molar-refractivity contribution in [2.75, 3.05) is 5.32 Å². The highest BCUT2D eigenvalue weighted by atomic mass is 16.1. The van der Waals surface area contributed by atoms with Gasteiger partial charge in [0.2, 0.25) is 0 Å². The summed E-state index contributed by atoms with van der Waals surface area (Å²) in [5.74, 6) is -0.0489. The number of nitriles is 1. The molecule has 82 valence electrons. The Morgan fingerprint density at radius 1 is 1.00 bits per heavy atom. The lowest BCUT2D eigenvalue weighted by molar-refractivity contribution is 0.103. The van der Waals surface area contributed by atoms with Gasteiger partial charge in [0.15, 0.2) is 12.0 Å². The van der Waals surface area contributed by atoms with Crippen molar-refractivity contribution in [3.8, 4) is 6.19 Å². The molecule has 3 nitrogen and oxygen atoms in total. The van der Waals surface area contributed by atoms with Gasteiger partial charge in [0.05, 0.1) is 0 Å². The molecular formula is C14H10N2O. The predicted molar refractivity (Wildman–Crippen MR) is 65.6 cm³/mol. The Kier molecular flexibility index (Phi) is 3.18. The zero-order valence-electron chi connectivity index (χ0n) is 9.05. The van der Waals surface area contributed by atoms with Crippen molar-refractivity contribution < 1.29 is 4.79 Å². The van der Waals surface area contributed by atoms with Gasteiger partial charge < -0.3 is 0 Å². The molecule has 17 heavy (non-hydrogen) atoms. The van der Waals surface area contributed by atoms with Gasteiger partial charge in [-0.25, -0.2) is 0 Å². The number of nitrogens with zero attached hydrogens (tertiary/aromatic N) is 1. The molecule has 0 saturated carbocycles. The summed E-state index contributed by atoms with van der Waals surface area (Å²) in [5.41, 5.74) is 1.83. The fourth-order valence-corrected chi connectivity index (χ4v) is 1.56. The maximum atomic E-state index is 12.1. The number of anilines is 1. The lowest BCUT2D eigenvalue weighted by Crippen LogP contribution is -2.01. The van der Waals surface area contributed by atoms with Crippen molar-refractivity contribution in [2.45, 2.75) is 0 Å².